The molecule has 0 unspecified atom stereocenters. The van der Waals surface area contributed by atoms with E-state index in [4.69, 9.17) is 5.73 Å². The largest absolute Gasteiger partial charge is 0.481 e. The number of thioether (sulfide) groups is 1. The average molecular weight is 1310 g/mol. The number of hydrogen-bond donors (Lipinski definition) is 20. The van der Waals surface area contributed by atoms with Gasteiger partial charge in [-0.15, -0.1) is 0 Å². The Balaban J connectivity index is 3.11. The predicted molar refractivity (Wildman–Crippen MR) is 321 cm³/mol. The Morgan fingerprint density at radius 2 is 0.736 bits per heavy atom. The summed E-state index contributed by atoms with van der Waals surface area (Å²) in [5.74, 6) is -17.3. The molecule has 0 aliphatic rings. The molecule has 0 radical (unpaired) electrons. The number of nitrogens with one attached hydrogen (secondary N) is 12. The van der Waals surface area contributed by atoms with Crippen molar-refractivity contribution >= 4 is 101 Å². The summed E-state index contributed by atoms with van der Waals surface area (Å²) in [7, 11) is 0. The molecule has 91 heavy (non-hydrogen) atoms. The number of aliphatic hydroxyl groups is 4. The van der Waals surface area contributed by atoms with Gasteiger partial charge in [0.2, 0.25) is 70.9 Å². The molecule has 0 saturated carbocycles. The minimum atomic E-state index is -1.89. The molecule has 0 spiro atoms. The third-order valence-corrected chi connectivity index (χ3v) is 13.6. The van der Waals surface area contributed by atoms with E-state index in [-0.39, 0.29) is 43.3 Å². The van der Waals surface area contributed by atoms with Crippen LogP contribution in [0.1, 0.15) is 85.1 Å². The topological polar surface area (TPSA) is 568 Å². The number of aliphatic hydroxyl groups excluding tert-OH is 4. The van der Waals surface area contributed by atoms with Crippen LogP contribution in [0.15, 0.2) is 30.3 Å². The lowest BCUT2D eigenvalue weighted by molar-refractivity contribution is -0.142. The first-order chi connectivity index (χ1) is 42.8. The highest BCUT2D eigenvalue weighted by atomic mass is 32.2. The van der Waals surface area contributed by atoms with Gasteiger partial charge in [0.25, 0.3) is 0 Å². The van der Waals surface area contributed by atoms with Gasteiger partial charge in [-0.2, -0.15) is 11.8 Å². The summed E-state index contributed by atoms with van der Waals surface area (Å²) in [6.45, 7) is 1.81. The van der Waals surface area contributed by atoms with Crippen molar-refractivity contribution in [1.82, 2.24) is 63.8 Å². The maximum absolute atomic E-state index is 13.8. The fourth-order valence-electron chi connectivity index (χ4n) is 8.08. The second-order valence-electron chi connectivity index (χ2n) is 21.6. The van der Waals surface area contributed by atoms with Crippen LogP contribution in [0.5, 0.6) is 0 Å². The Hall–Kier alpha value is -8.58. The summed E-state index contributed by atoms with van der Waals surface area (Å²) in [5, 5.41) is 94.9. The Bertz CT molecular complexity index is 2660. The van der Waals surface area contributed by atoms with E-state index in [2.05, 4.69) is 63.8 Å². The number of amides is 12. The van der Waals surface area contributed by atoms with Gasteiger partial charge in [0.05, 0.1) is 45.6 Å². The quantitative estimate of drug-likeness (QED) is 0.0289. The van der Waals surface area contributed by atoms with Crippen molar-refractivity contribution in [2.45, 2.75) is 152 Å². The molecule has 0 aliphatic carbocycles. The van der Waals surface area contributed by atoms with Crippen LogP contribution in [-0.4, -0.2) is 243 Å². The van der Waals surface area contributed by atoms with E-state index < -0.39 is 220 Å². The van der Waals surface area contributed by atoms with Crippen molar-refractivity contribution in [3.63, 3.8) is 0 Å². The van der Waals surface area contributed by atoms with Crippen molar-refractivity contribution in [1.29, 1.82) is 0 Å². The van der Waals surface area contributed by atoms with Gasteiger partial charge < -0.3 is 105 Å². The fourth-order valence-corrected chi connectivity index (χ4v) is 8.55. The molecular weight excluding hydrogens is 1230 g/mol. The summed E-state index contributed by atoms with van der Waals surface area (Å²) < 4.78 is 0. The van der Waals surface area contributed by atoms with Crippen LogP contribution in [0.2, 0.25) is 0 Å². The first-order valence-corrected chi connectivity index (χ1v) is 30.2. The minimum absolute atomic E-state index is 0.00214. The number of carboxylic acid groups (broad SMARTS) is 3. The lowest BCUT2D eigenvalue weighted by Gasteiger charge is -2.26. The summed E-state index contributed by atoms with van der Waals surface area (Å²) in [6.07, 6.45) is -0.936. The minimum Gasteiger partial charge on any atom is -0.481 e. The molecule has 0 saturated heterocycles. The lowest BCUT2D eigenvalue weighted by Crippen LogP contribution is -2.60. The van der Waals surface area contributed by atoms with E-state index in [1.165, 1.54) is 11.8 Å². The molecule has 0 fully saturated rings. The van der Waals surface area contributed by atoms with Crippen LogP contribution < -0.4 is 69.5 Å². The van der Waals surface area contributed by atoms with Gasteiger partial charge >= 0.3 is 17.9 Å². The molecule has 1 rings (SSSR count). The van der Waals surface area contributed by atoms with Crippen LogP contribution >= 0.6 is 11.8 Å². The number of benzene rings is 1. The summed E-state index contributed by atoms with van der Waals surface area (Å²) in [4.78, 5) is 193. The number of carboxylic acids is 3. The molecule has 1 aromatic carbocycles. The van der Waals surface area contributed by atoms with Gasteiger partial charge in [-0.05, 0) is 74.9 Å². The highest BCUT2D eigenvalue weighted by Crippen LogP contribution is 2.11. The zero-order valence-electron chi connectivity index (χ0n) is 51.2. The van der Waals surface area contributed by atoms with Gasteiger partial charge in [-0.3, -0.25) is 71.9 Å². The number of nitrogens with two attached hydrogens (primary N) is 1. The van der Waals surface area contributed by atoms with Gasteiger partial charge in [0.15, 0.2) is 0 Å². The second kappa shape index (κ2) is 42.4. The fraction of sp³-hybridized carbons (Fsp3) is 0.618. The van der Waals surface area contributed by atoms with Gasteiger partial charge in [-0.1, -0.05) is 58.0 Å². The smallest absolute Gasteiger partial charge is 0.325 e. The van der Waals surface area contributed by atoms with E-state index in [1.807, 2.05) is 0 Å². The molecule has 1 aromatic rings. The van der Waals surface area contributed by atoms with E-state index in [9.17, 15) is 108 Å². The van der Waals surface area contributed by atoms with Crippen molar-refractivity contribution in [2.75, 3.05) is 51.5 Å². The van der Waals surface area contributed by atoms with E-state index in [0.717, 1.165) is 12.5 Å². The summed E-state index contributed by atoms with van der Waals surface area (Å²) >= 11 is 1.26. The van der Waals surface area contributed by atoms with E-state index in [0.29, 0.717) is 0 Å². The standard InChI is InChI=1S/C55H87N13O22S/c1-27(2)18-35(60-41(73)21-58-47(81)37(23-69)66-45(79)31(56)20-30-10-8-7-9-11-30)50(84)64-34(16-17-91-6)49(83)67-39(25-71)53(87)62-32(12-14-43(75)76)46(80)57-22-42(74)61-38(24-70)52(86)68-40(26-72)54(88)65-36(19-28(3)4)51(85)63-33(13-15-44(77)78)48(82)59-29(5)55(89)90/h7-11,27-29,31-40,69-72H,12-26,56H2,1-6H3,(H,57,80)(H,58,81)(H,59,82)(H,60,73)(H,61,74)(H,62,87)(H,63,85)(H,64,84)(H,65,88)(H,66,79)(H,67,83)(H,68,86)(H,75,76)(H,77,78)(H,89,90)/t29-,31-,32-,33-,34-,35-,36-,37-,38-,39-,40-/m0/s1. The third kappa shape index (κ3) is 31.6. The molecular formula is C55H87N13O22S. The van der Waals surface area contributed by atoms with Crippen molar-refractivity contribution in [3.05, 3.63) is 35.9 Å². The maximum atomic E-state index is 13.8. The van der Waals surface area contributed by atoms with Crippen molar-refractivity contribution < 1.29 is 108 Å². The Kier molecular flexibility index (Phi) is 37.5. The molecule has 35 nitrogen and oxygen atoms in total. The first kappa shape index (κ1) is 80.4. The number of carbonyl (C=O) groups excluding carboxylic acids is 12. The Labute approximate surface area is 527 Å². The van der Waals surface area contributed by atoms with Crippen LogP contribution in [0.3, 0.4) is 0 Å². The van der Waals surface area contributed by atoms with Crippen molar-refractivity contribution in [3.8, 4) is 0 Å². The normalized spacial score (nSPS) is 14.6. The van der Waals surface area contributed by atoms with Crippen molar-refractivity contribution in [2.24, 2.45) is 17.6 Å². The van der Waals surface area contributed by atoms with Crippen LogP contribution in [0.4, 0.5) is 0 Å². The third-order valence-electron chi connectivity index (χ3n) is 13.0. The molecule has 0 bridgehead atoms. The number of rotatable bonds is 44. The Morgan fingerprint density at radius 3 is 1.14 bits per heavy atom. The molecule has 36 heteroatoms. The molecule has 12 amide bonds. The van der Waals surface area contributed by atoms with E-state index >= 15 is 0 Å². The zero-order valence-corrected chi connectivity index (χ0v) is 52.1. The SMILES string of the molecule is CSCC[C@H](NC(=O)[C@H](CC(C)C)NC(=O)CNC(=O)[C@H](CO)NC(=O)[C@@H](N)Cc1ccccc1)C(=O)N[C@@H](CO)C(=O)N[C@@H](CCC(=O)O)C(=O)NCC(=O)N[C@@H](CO)C(=O)N[C@@H](CO)C(=O)N[C@@H](CC(C)C)C(=O)N[C@@H](CCC(=O)O)C(=O)N[C@@H](C)C(=O)O. The van der Waals surface area contributed by atoms with Gasteiger partial charge in [0.1, 0.15) is 60.4 Å². The molecule has 11 atom stereocenters. The van der Waals surface area contributed by atoms with E-state index in [1.54, 1.807) is 64.3 Å². The first-order valence-electron chi connectivity index (χ1n) is 28.8. The van der Waals surface area contributed by atoms with Crippen LogP contribution in [0, 0.1) is 11.8 Å². The monoisotopic (exact) mass is 1310 g/mol. The van der Waals surface area contributed by atoms with Gasteiger partial charge in [-0.25, -0.2) is 0 Å². The summed E-state index contributed by atoms with van der Waals surface area (Å²) in [6, 6.07) is -8.54. The maximum Gasteiger partial charge on any atom is 0.325 e. The highest BCUT2D eigenvalue weighted by molar-refractivity contribution is 7.98. The molecule has 0 aromatic heterocycles. The van der Waals surface area contributed by atoms with Gasteiger partial charge in [0, 0.05) is 12.8 Å². The number of hydrogen-bond acceptors (Lipinski definition) is 21. The zero-order chi connectivity index (χ0) is 69.1. The molecule has 21 N–H and O–H groups in total. The number of carbonyl (C=O) groups is 15. The highest BCUT2D eigenvalue weighted by Gasteiger charge is 2.35. The lowest BCUT2D eigenvalue weighted by atomic mass is 10.0. The molecule has 510 valence electrons. The average Bonchev–Trinajstić information content (AvgIpc) is 1.63. The number of aliphatic carboxylic acids is 3. The summed E-state index contributed by atoms with van der Waals surface area (Å²) in [5.41, 5.74) is 6.73. The van der Waals surface area contributed by atoms with Crippen LogP contribution in [0.25, 0.3) is 0 Å². The predicted octanol–water partition coefficient (Wildman–Crippen LogP) is -7.71. The molecule has 0 heterocycles. The Morgan fingerprint density at radius 1 is 0.418 bits per heavy atom. The molecule has 0 aliphatic heterocycles. The second-order valence-corrected chi connectivity index (χ2v) is 22.6. The van der Waals surface area contributed by atoms with Crippen LogP contribution in [-0.2, 0) is 78.3 Å².